The maximum atomic E-state index is 12.3. The molecule has 2 bridgehead atoms. The van der Waals surface area contributed by atoms with Crippen LogP contribution in [0, 0.1) is 5.41 Å². The fourth-order valence-electron chi connectivity index (χ4n) is 5.18. The number of carbonyl (C=O) groups is 1. The predicted molar refractivity (Wildman–Crippen MR) is 107 cm³/mol. The van der Waals surface area contributed by atoms with Crippen molar-refractivity contribution in [2.45, 2.75) is 56.9 Å². The molecule has 0 aromatic carbocycles. The number of allylic oxidation sites excluding steroid dienone is 1. The third kappa shape index (κ3) is 3.17. The lowest BCUT2D eigenvalue weighted by atomic mass is 9.53. The number of piperazine rings is 1. The molecule has 1 aromatic heterocycles. The zero-order valence-electron chi connectivity index (χ0n) is 17.2. The van der Waals surface area contributed by atoms with E-state index in [0.717, 1.165) is 50.0 Å². The van der Waals surface area contributed by atoms with Crippen molar-refractivity contribution < 1.29 is 14.1 Å². The summed E-state index contributed by atoms with van der Waals surface area (Å²) < 4.78 is 10.7. The third-order valence-corrected chi connectivity index (χ3v) is 7.14. The summed E-state index contributed by atoms with van der Waals surface area (Å²) in [7, 11) is 1.48. The van der Waals surface area contributed by atoms with Crippen molar-refractivity contribution in [1.29, 1.82) is 0 Å². The Morgan fingerprint density at radius 1 is 1.28 bits per heavy atom. The van der Waals surface area contributed by atoms with Crippen LogP contribution in [-0.4, -0.2) is 47.4 Å². The van der Waals surface area contributed by atoms with Gasteiger partial charge in [-0.15, -0.1) is 0 Å². The Bertz CT molecular complexity index is 822. The van der Waals surface area contributed by atoms with Crippen molar-refractivity contribution in [1.82, 2.24) is 15.1 Å². The molecule has 0 spiro atoms. The van der Waals surface area contributed by atoms with Crippen molar-refractivity contribution in [2.75, 3.05) is 25.1 Å². The monoisotopic (exact) mass is 402 g/mol. The first-order valence-corrected chi connectivity index (χ1v) is 10.2. The zero-order chi connectivity index (χ0) is 20.8. The van der Waals surface area contributed by atoms with Gasteiger partial charge in [-0.05, 0) is 51.5 Å². The number of anilines is 1. The van der Waals surface area contributed by atoms with Gasteiger partial charge < -0.3 is 24.9 Å². The number of rotatable bonds is 4. The average molecular weight is 402 g/mol. The van der Waals surface area contributed by atoms with E-state index in [-0.39, 0.29) is 22.8 Å². The first-order chi connectivity index (χ1) is 13.8. The maximum Gasteiger partial charge on any atom is 0.324 e. The number of aromatic nitrogens is 2. The Morgan fingerprint density at radius 2 is 1.93 bits per heavy atom. The molecule has 1 aliphatic heterocycles. The fraction of sp³-hybridized carbons (Fsp3) is 0.650. The first-order valence-electron chi connectivity index (χ1n) is 10.2. The molecule has 9 nitrogen and oxygen atoms in total. The van der Waals surface area contributed by atoms with Crippen molar-refractivity contribution in [2.24, 2.45) is 17.0 Å². The van der Waals surface area contributed by atoms with Gasteiger partial charge in [0, 0.05) is 17.7 Å². The van der Waals surface area contributed by atoms with Crippen LogP contribution >= 0.6 is 0 Å². The van der Waals surface area contributed by atoms with Crippen molar-refractivity contribution in [3.05, 3.63) is 29.9 Å². The van der Waals surface area contributed by atoms with Gasteiger partial charge in [-0.2, -0.15) is 4.98 Å². The summed E-state index contributed by atoms with van der Waals surface area (Å²) in [5, 5.41) is 6.04. The van der Waals surface area contributed by atoms with Gasteiger partial charge in [0.25, 0.3) is 0 Å². The molecule has 1 atom stereocenters. The van der Waals surface area contributed by atoms with Gasteiger partial charge in [-0.1, -0.05) is 11.7 Å². The Balaban J connectivity index is 1.54. The number of esters is 1. The van der Waals surface area contributed by atoms with Crippen LogP contribution in [0.25, 0.3) is 0 Å². The maximum absolute atomic E-state index is 12.3. The molecule has 2 heterocycles. The highest BCUT2D eigenvalue weighted by Gasteiger charge is 2.55. The molecule has 1 saturated heterocycles. The second kappa shape index (κ2) is 7.05. The molecule has 158 valence electrons. The van der Waals surface area contributed by atoms with E-state index in [4.69, 9.17) is 25.8 Å². The quantitative estimate of drug-likeness (QED) is 0.570. The zero-order valence-corrected chi connectivity index (χ0v) is 17.2. The minimum atomic E-state index is -0.320. The van der Waals surface area contributed by atoms with Crippen LogP contribution in [0.2, 0.25) is 0 Å². The smallest absolute Gasteiger partial charge is 0.324 e. The first kappa shape index (κ1) is 19.8. The number of ether oxygens (including phenoxy) is 1. The highest BCUT2D eigenvalue weighted by atomic mass is 16.5. The lowest BCUT2D eigenvalue weighted by Crippen LogP contribution is -2.53. The van der Waals surface area contributed by atoms with Crippen LogP contribution in [-0.2, 0) is 14.9 Å². The van der Waals surface area contributed by atoms with Crippen LogP contribution in [0.4, 0.5) is 6.01 Å². The summed E-state index contributed by atoms with van der Waals surface area (Å²) in [5.41, 5.74) is 6.64. The van der Waals surface area contributed by atoms with E-state index in [1.165, 1.54) is 7.11 Å². The van der Waals surface area contributed by atoms with E-state index in [1.54, 1.807) is 11.1 Å². The van der Waals surface area contributed by atoms with Crippen LogP contribution < -0.4 is 16.5 Å². The predicted octanol–water partition coefficient (Wildman–Crippen LogP) is 1.58. The SMILES string of the molecule is C=C(N)/C=C1/C(C)N(c2nc(C34CCC(C(=O)OC)(CC3)CC4)no2)CCN1N. The van der Waals surface area contributed by atoms with E-state index in [2.05, 4.69) is 16.6 Å². The summed E-state index contributed by atoms with van der Waals surface area (Å²) in [5.74, 6) is 6.79. The van der Waals surface area contributed by atoms with Gasteiger partial charge in [0.05, 0.1) is 30.8 Å². The Morgan fingerprint density at radius 3 is 2.52 bits per heavy atom. The Kier molecular flexibility index (Phi) is 4.80. The molecule has 0 amide bonds. The molecule has 0 radical (unpaired) electrons. The minimum Gasteiger partial charge on any atom is -0.469 e. The second-order valence-corrected chi connectivity index (χ2v) is 8.66. The molecule has 3 saturated carbocycles. The molecule has 1 unspecified atom stereocenters. The molecule has 1 aromatic rings. The number of hydrazine groups is 1. The van der Waals surface area contributed by atoms with Crippen molar-refractivity contribution >= 4 is 12.0 Å². The van der Waals surface area contributed by atoms with Gasteiger partial charge in [0.2, 0.25) is 0 Å². The van der Waals surface area contributed by atoms with Gasteiger partial charge in [0.1, 0.15) is 0 Å². The third-order valence-electron chi connectivity index (χ3n) is 7.14. The molecule has 4 fully saturated rings. The minimum absolute atomic E-state index is 0.0652. The van der Waals surface area contributed by atoms with Crippen LogP contribution in [0.15, 0.2) is 28.6 Å². The molecule has 3 aliphatic carbocycles. The molecule has 9 heteroatoms. The molecular formula is C20H30N6O3. The number of methoxy groups -OCH3 is 1. The van der Waals surface area contributed by atoms with Gasteiger partial charge in [-0.3, -0.25) is 4.79 Å². The number of nitrogens with two attached hydrogens (primary N) is 2. The molecule has 29 heavy (non-hydrogen) atoms. The van der Waals surface area contributed by atoms with Gasteiger partial charge in [-0.25, -0.2) is 5.84 Å². The average Bonchev–Trinajstić information content (AvgIpc) is 3.22. The van der Waals surface area contributed by atoms with E-state index < -0.39 is 0 Å². The standard InChI is InChI=1S/C20H30N6O3/c1-13(21)12-15-14(2)25(10-11-26(15)22)18-23-16(24-29-18)19-4-7-20(8-5-19,9-6-19)17(27)28-3/h12,14H,1,4-11,21-22H2,2-3H3/b15-12-. The number of nitrogens with zero attached hydrogens (tertiary/aromatic N) is 4. The summed E-state index contributed by atoms with van der Waals surface area (Å²) in [6, 6.07) is 0.434. The van der Waals surface area contributed by atoms with E-state index in [0.29, 0.717) is 24.8 Å². The van der Waals surface area contributed by atoms with Crippen LogP contribution in [0.3, 0.4) is 0 Å². The van der Waals surface area contributed by atoms with Crippen LogP contribution in [0.1, 0.15) is 51.3 Å². The Hall–Kier alpha value is -2.55. The topological polar surface area (TPSA) is 124 Å². The van der Waals surface area contributed by atoms with Gasteiger partial charge >= 0.3 is 12.0 Å². The van der Waals surface area contributed by atoms with Crippen molar-refractivity contribution in [3.63, 3.8) is 0 Å². The lowest BCUT2D eigenvalue weighted by molar-refractivity contribution is -0.160. The summed E-state index contributed by atoms with van der Waals surface area (Å²) >= 11 is 0. The van der Waals surface area contributed by atoms with Crippen molar-refractivity contribution in [3.8, 4) is 0 Å². The molecule has 4 N–H and O–H groups in total. The number of hydrogen-bond acceptors (Lipinski definition) is 9. The highest BCUT2D eigenvalue weighted by molar-refractivity contribution is 5.77. The van der Waals surface area contributed by atoms with E-state index in [9.17, 15) is 4.79 Å². The number of hydrogen-bond donors (Lipinski definition) is 2. The molecular weight excluding hydrogens is 372 g/mol. The Labute approximate surface area is 170 Å². The second-order valence-electron chi connectivity index (χ2n) is 8.66. The highest BCUT2D eigenvalue weighted by Crippen LogP contribution is 2.57. The van der Waals surface area contributed by atoms with Gasteiger partial charge in [0.15, 0.2) is 5.82 Å². The number of fused-ring (bicyclic) bond motifs is 3. The summed E-state index contributed by atoms with van der Waals surface area (Å²) in [6.45, 7) is 7.07. The largest absolute Gasteiger partial charge is 0.469 e. The fourth-order valence-corrected chi connectivity index (χ4v) is 5.18. The molecule has 4 aliphatic rings. The number of carbonyl (C=O) groups excluding carboxylic acids is 1. The van der Waals surface area contributed by atoms with E-state index >= 15 is 0 Å². The summed E-state index contributed by atoms with van der Waals surface area (Å²) in [4.78, 5) is 19.1. The normalized spacial score (nSPS) is 33.2. The van der Waals surface area contributed by atoms with Crippen LogP contribution in [0.5, 0.6) is 0 Å². The molecule has 5 rings (SSSR count). The summed E-state index contributed by atoms with van der Waals surface area (Å²) in [6.07, 6.45) is 6.87. The lowest BCUT2D eigenvalue weighted by Gasteiger charge is -2.50. The van der Waals surface area contributed by atoms with E-state index in [1.807, 2.05) is 6.92 Å².